The lowest BCUT2D eigenvalue weighted by Crippen LogP contribution is -2.29. The lowest BCUT2D eigenvalue weighted by atomic mass is 10.1. The van der Waals surface area contributed by atoms with Gasteiger partial charge in [0.1, 0.15) is 11.6 Å². The van der Waals surface area contributed by atoms with E-state index < -0.39 is 15.8 Å². The van der Waals surface area contributed by atoms with E-state index in [-0.39, 0.29) is 36.3 Å². The molecule has 2 aromatic carbocycles. The zero-order valence-electron chi connectivity index (χ0n) is 18.8. The van der Waals surface area contributed by atoms with Crippen molar-refractivity contribution in [2.45, 2.75) is 24.9 Å². The second-order valence-electron chi connectivity index (χ2n) is 8.65. The van der Waals surface area contributed by atoms with E-state index in [2.05, 4.69) is 10.4 Å². The highest BCUT2D eigenvalue weighted by molar-refractivity contribution is 7.90. The number of carbonyl (C=O) groups is 2. The summed E-state index contributed by atoms with van der Waals surface area (Å²) in [6.45, 7) is 2.22. The standard InChI is InChI=1S/C24H24N4O5S/c1-15-3-5-17(6-4-15)27-12-16(11-22(27)29)24(30)25-23-20-13-34(31,32)14-21(20)26-28(23)18-7-9-19(33-2)10-8-18/h3-10,16H,11-14H2,1-2H3,(H,25,30). The first-order valence-electron chi connectivity index (χ1n) is 10.9. The number of fused-ring (bicyclic) bond motifs is 1. The number of hydrogen-bond acceptors (Lipinski definition) is 6. The Labute approximate surface area is 197 Å². The van der Waals surface area contributed by atoms with Crippen molar-refractivity contribution in [1.29, 1.82) is 0 Å². The van der Waals surface area contributed by atoms with Crippen molar-refractivity contribution in [2.75, 3.05) is 23.9 Å². The molecule has 1 aromatic heterocycles. The van der Waals surface area contributed by atoms with Gasteiger partial charge in [0.05, 0.1) is 35.9 Å². The highest BCUT2D eigenvalue weighted by atomic mass is 32.2. The monoisotopic (exact) mass is 480 g/mol. The lowest BCUT2D eigenvalue weighted by molar-refractivity contribution is -0.122. The normalized spacial score (nSPS) is 18.7. The van der Waals surface area contributed by atoms with Crippen LogP contribution >= 0.6 is 0 Å². The number of nitrogens with one attached hydrogen (secondary N) is 1. The van der Waals surface area contributed by atoms with Crippen molar-refractivity contribution in [2.24, 2.45) is 5.92 Å². The first-order chi connectivity index (χ1) is 16.2. The minimum absolute atomic E-state index is 0.0802. The van der Waals surface area contributed by atoms with Gasteiger partial charge < -0.3 is 15.0 Å². The molecular weight excluding hydrogens is 456 g/mol. The van der Waals surface area contributed by atoms with E-state index in [1.807, 2.05) is 31.2 Å². The molecule has 5 rings (SSSR count). The maximum Gasteiger partial charge on any atom is 0.230 e. The van der Waals surface area contributed by atoms with E-state index in [1.165, 1.54) is 0 Å². The van der Waals surface area contributed by atoms with Crippen molar-refractivity contribution in [3.63, 3.8) is 0 Å². The van der Waals surface area contributed by atoms with Gasteiger partial charge in [0.2, 0.25) is 11.8 Å². The van der Waals surface area contributed by atoms with Crippen molar-refractivity contribution in [1.82, 2.24) is 9.78 Å². The molecule has 2 aliphatic heterocycles. The molecule has 0 saturated carbocycles. The molecule has 176 valence electrons. The number of benzene rings is 2. The zero-order chi connectivity index (χ0) is 24.0. The van der Waals surface area contributed by atoms with Crippen LogP contribution in [-0.2, 0) is 30.9 Å². The van der Waals surface area contributed by atoms with Crippen molar-refractivity contribution in [3.05, 3.63) is 65.4 Å². The number of amides is 2. The molecule has 1 atom stereocenters. The van der Waals surface area contributed by atoms with Gasteiger partial charge in [-0.3, -0.25) is 9.59 Å². The average molecular weight is 481 g/mol. The predicted molar refractivity (Wildman–Crippen MR) is 127 cm³/mol. The highest BCUT2D eigenvalue weighted by Crippen LogP contribution is 2.34. The van der Waals surface area contributed by atoms with E-state index in [9.17, 15) is 18.0 Å². The summed E-state index contributed by atoms with van der Waals surface area (Å²) in [5, 5.41) is 7.37. The molecule has 1 fully saturated rings. The molecule has 3 heterocycles. The Morgan fingerprint density at radius 1 is 1.06 bits per heavy atom. The molecule has 0 bridgehead atoms. The summed E-state index contributed by atoms with van der Waals surface area (Å²) in [4.78, 5) is 27.5. The first-order valence-corrected chi connectivity index (χ1v) is 12.7. The predicted octanol–water partition coefficient (Wildman–Crippen LogP) is 2.61. The summed E-state index contributed by atoms with van der Waals surface area (Å²) in [6.07, 6.45) is 0.0802. The first kappa shape index (κ1) is 22.1. The maximum atomic E-state index is 13.2. The zero-order valence-corrected chi connectivity index (χ0v) is 19.6. The Hall–Kier alpha value is -3.66. The Morgan fingerprint density at radius 2 is 1.74 bits per heavy atom. The Balaban J connectivity index is 1.42. The summed E-state index contributed by atoms with van der Waals surface area (Å²) in [6, 6.07) is 14.7. The van der Waals surface area contributed by atoms with Crippen LogP contribution in [0.25, 0.3) is 5.69 Å². The molecule has 0 spiro atoms. The van der Waals surface area contributed by atoms with Gasteiger partial charge in [-0.2, -0.15) is 5.10 Å². The molecule has 0 aliphatic carbocycles. The summed E-state index contributed by atoms with van der Waals surface area (Å²) in [5.41, 5.74) is 3.41. The molecule has 0 radical (unpaired) electrons. The molecule has 2 aliphatic rings. The highest BCUT2D eigenvalue weighted by Gasteiger charge is 2.38. The number of hydrogen-bond donors (Lipinski definition) is 1. The molecule has 1 unspecified atom stereocenters. The molecule has 1 saturated heterocycles. The van der Waals surface area contributed by atoms with Gasteiger partial charge in [0.15, 0.2) is 9.84 Å². The second-order valence-corrected chi connectivity index (χ2v) is 10.7. The number of rotatable bonds is 5. The van der Waals surface area contributed by atoms with Gasteiger partial charge in [0.25, 0.3) is 0 Å². The van der Waals surface area contributed by atoms with Crippen LogP contribution in [0.5, 0.6) is 5.75 Å². The summed E-state index contributed by atoms with van der Waals surface area (Å²) in [7, 11) is -1.75. The van der Waals surface area contributed by atoms with Crippen LogP contribution in [0.2, 0.25) is 0 Å². The Bertz CT molecular complexity index is 1380. The van der Waals surface area contributed by atoms with Gasteiger partial charge in [0, 0.05) is 24.2 Å². The van der Waals surface area contributed by atoms with Crippen LogP contribution in [0.15, 0.2) is 48.5 Å². The van der Waals surface area contributed by atoms with Gasteiger partial charge in [-0.05, 0) is 43.3 Å². The number of methoxy groups -OCH3 is 1. The van der Waals surface area contributed by atoms with E-state index in [0.717, 1.165) is 11.3 Å². The Morgan fingerprint density at radius 3 is 2.41 bits per heavy atom. The van der Waals surface area contributed by atoms with E-state index in [4.69, 9.17) is 4.74 Å². The van der Waals surface area contributed by atoms with Crippen molar-refractivity contribution in [3.8, 4) is 11.4 Å². The minimum Gasteiger partial charge on any atom is -0.497 e. The van der Waals surface area contributed by atoms with Crippen LogP contribution < -0.4 is 15.0 Å². The van der Waals surface area contributed by atoms with Gasteiger partial charge >= 0.3 is 0 Å². The number of aromatic nitrogens is 2. The SMILES string of the molecule is COc1ccc(-n2nc3c(c2NC(=O)C2CC(=O)N(c4ccc(C)cc4)C2)CS(=O)(=O)C3)cc1. The Kier molecular flexibility index (Phi) is 5.40. The fourth-order valence-corrected chi connectivity index (χ4v) is 5.85. The van der Waals surface area contributed by atoms with Crippen LogP contribution in [-0.4, -0.2) is 43.7 Å². The van der Waals surface area contributed by atoms with Gasteiger partial charge in [-0.15, -0.1) is 0 Å². The topological polar surface area (TPSA) is 111 Å². The third-order valence-corrected chi connectivity index (χ3v) is 7.63. The second kappa shape index (κ2) is 8.28. The average Bonchev–Trinajstić information content (AvgIpc) is 3.44. The smallest absolute Gasteiger partial charge is 0.230 e. The maximum absolute atomic E-state index is 13.2. The number of ether oxygens (including phenoxy) is 1. The fraction of sp³-hybridized carbons (Fsp3) is 0.292. The van der Waals surface area contributed by atoms with Crippen LogP contribution in [0, 0.1) is 12.8 Å². The molecule has 2 amide bonds. The largest absolute Gasteiger partial charge is 0.497 e. The third kappa shape index (κ3) is 4.05. The summed E-state index contributed by atoms with van der Waals surface area (Å²) in [5.74, 6) is -0.401. The number of anilines is 2. The summed E-state index contributed by atoms with van der Waals surface area (Å²) < 4.78 is 31.2. The van der Waals surface area contributed by atoms with Crippen molar-refractivity contribution < 1.29 is 22.7 Å². The molecule has 1 N–H and O–H groups in total. The quantitative estimate of drug-likeness (QED) is 0.601. The van der Waals surface area contributed by atoms with E-state index >= 15 is 0 Å². The number of sulfone groups is 1. The van der Waals surface area contributed by atoms with E-state index in [1.54, 1.807) is 41.0 Å². The van der Waals surface area contributed by atoms with Crippen molar-refractivity contribution >= 4 is 33.2 Å². The van der Waals surface area contributed by atoms with E-state index in [0.29, 0.717) is 28.5 Å². The number of carbonyl (C=O) groups excluding carboxylic acids is 2. The van der Waals surface area contributed by atoms with Crippen LogP contribution in [0.1, 0.15) is 23.2 Å². The van der Waals surface area contributed by atoms with Crippen LogP contribution in [0.4, 0.5) is 11.5 Å². The molecule has 34 heavy (non-hydrogen) atoms. The lowest BCUT2D eigenvalue weighted by Gasteiger charge is -2.17. The van der Waals surface area contributed by atoms with Gasteiger partial charge in [-0.25, -0.2) is 13.1 Å². The van der Waals surface area contributed by atoms with Gasteiger partial charge in [-0.1, -0.05) is 17.7 Å². The number of aryl methyl sites for hydroxylation is 1. The summed E-state index contributed by atoms with van der Waals surface area (Å²) >= 11 is 0. The molecular formula is C24H24N4O5S. The molecule has 10 heteroatoms. The van der Waals surface area contributed by atoms with Crippen LogP contribution in [0.3, 0.4) is 0 Å². The molecule has 9 nitrogen and oxygen atoms in total. The minimum atomic E-state index is -3.32. The third-order valence-electron chi connectivity index (χ3n) is 6.19. The number of nitrogens with zero attached hydrogens (tertiary/aromatic N) is 3. The molecule has 3 aromatic rings. The fourth-order valence-electron chi connectivity index (χ4n) is 4.36.